The number of hydrogen-bond donors (Lipinski definition) is 1. The van der Waals surface area contributed by atoms with E-state index in [2.05, 4.69) is 0 Å². The Morgan fingerprint density at radius 3 is 2.32 bits per heavy atom. The molecule has 0 aliphatic carbocycles. The Kier molecular flexibility index (Phi) is 5.77. The van der Waals surface area contributed by atoms with Gasteiger partial charge in [-0.3, -0.25) is 4.90 Å². The van der Waals surface area contributed by atoms with E-state index in [1.54, 1.807) is 18.2 Å². The third-order valence-electron chi connectivity index (χ3n) is 4.16. The Hall–Kier alpha value is -1.03. The summed E-state index contributed by atoms with van der Waals surface area (Å²) in [4.78, 5) is 2.00. The summed E-state index contributed by atoms with van der Waals surface area (Å²) in [5.74, 6) is -0.344. The van der Waals surface area contributed by atoms with Crippen molar-refractivity contribution in [2.24, 2.45) is 0 Å². The number of halogens is 2. The number of β-amino-alcohol motifs (C(OH)–C–C–N with tert-alkyl or cyclic N) is 1. The Labute approximate surface area is 155 Å². The van der Waals surface area contributed by atoms with E-state index in [0.29, 0.717) is 42.6 Å². The van der Waals surface area contributed by atoms with Crippen molar-refractivity contribution in [3.8, 4) is 0 Å². The van der Waals surface area contributed by atoms with Crippen molar-refractivity contribution in [1.82, 2.24) is 9.21 Å². The maximum absolute atomic E-state index is 12.9. The minimum atomic E-state index is -3.51. The average Bonchev–Trinajstić information content (AvgIpc) is 3.03. The molecule has 3 rings (SSSR count). The van der Waals surface area contributed by atoms with Gasteiger partial charge in [-0.15, -0.1) is 11.3 Å². The molecule has 0 spiro atoms. The number of hydrogen-bond acceptors (Lipinski definition) is 5. The summed E-state index contributed by atoms with van der Waals surface area (Å²) in [5, 5.41) is 10.3. The number of aliphatic hydroxyl groups is 1. The molecule has 1 aliphatic heterocycles. The number of sulfonamides is 1. The lowest BCUT2D eigenvalue weighted by molar-refractivity contribution is 0.0921. The first-order chi connectivity index (χ1) is 11.9. The molecular formula is C16H18ClFN2O3S2. The third-order valence-corrected chi connectivity index (χ3v) is 7.76. The van der Waals surface area contributed by atoms with Crippen molar-refractivity contribution in [2.45, 2.75) is 10.3 Å². The number of benzene rings is 1. The van der Waals surface area contributed by atoms with Gasteiger partial charge in [-0.2, -0.15) is 4.31 Å². The fraction of sp³-hybridized carbons (Fsp3) is 0.375. The van der Waals surface area contributed by atoms with Crippen LogP contribution in [0.1, 0.15) is 11.7 Å². The second-order valence-electron chi connectivity index (χ2n) is 5.83. The molecule has 25 heavy (non-hydrogen) atoms. The van der Waals surface area contributed by atoms with Crippen LogP contribution in [0.4, 0.5) is 4.39 Å². The maximum Gasteiger partial charge on any atom is 0.252 e. The first-order valence-electron chi connectivity index (χ1n) is 7.77. The first kappa shape index (κ1) is 18.8. The van der Waals surface area contributed by atoms with Gasteiger partial charge in [-0.05, 0) is 29.8 Å². The van der Waals surface area contributed by atoms with E-state index in [-0.39, 0.29) is 10.0 Å². The Morgan fingerprint density at radius 1 is 1.12 bits per heavy atom. The zero-order valence-corrected chi connectivity index (χ0v) is 15.7. The molecule has 1 unspecified atom stereocenters. The lowest BCUT2D eigenvalue weighted by Crippen LogP contribution is -2.49. The molecule has 2 heterocycles. The Bertz CT molecular complexity index is 818. The number of rotatable bonds is 5. The summed E-state index contributed by atoms with van der Waals surface area (Å²) in [6.45, 7) is 2.14. The van der Waals surface area contributed by atoms with E-state index >= 15 is 0 Å². The predicted molar refractivity (Wildman–Crippen MR) is 95.9 cm³/mol. The second kappa shape index (κ2) is 7.69. The zero-order chi connectivity index (χ0) is 18.0. The van der Waals surface area contributed by atoms with Gasteiger partial charge in [0.25, 0.3) is 10.0 Å². The van der Waals surface area contributed by atoms with Gasteiger partial charge in [-0.25, -0.2) is 12.8 Å². The van der Waals surface area contributed by atoms with Gasteiger partial charge < -0.3 is 5.11 Å². The highest BCUT2D eigenvalue weighted by Gasteiger charge is 2.30. The molecule has 2 aromatic rings. The lowest BCUT2D eigenvalue weighted by Gasteiger charge is -2.34. The van der Waals surface area contributed by atoms with Gasteiger partial charge >= 0.3 is 0 Å². The van der Waals surface area contributed by atoms with Crippen LogP contribution in [0.15, 0.2) is 40.6 Å². The van der Waals surface area contributed by atoms with E-state index in [9.17, 15) is 17.9 Å². The highest BCUT2D eigenvalue weighted by Crippen LogP contribution is 2.28. The van der Waals surface area contributed by atoms with Crippen LogP contribution in [-0.4, -0.2) is 55.5 Å². The molecule has 0 saturated carbocycles. The first-order valence-corrected chi connectivity index (χ1v) is 10.4. The summed E-state index contributed by atoms with van der Waals surface area (Å²) in [7, 11) is -3.51. The molecule has 1 saturated heterocycles. The largest absolute Gasteiger partial charge is 0.387 e. The maximum atomic E-state index is 12.9. The van der Waals surface area contributed by atoms with Crippen molar-refractivity contribution < 1.29 is 17.9 Å². The van der Waals surface area contributed by atoms with E-state index in [4.69, 9.17) is 11.6 Å². The topological polar surface area (TPSA) is 60.9 Å². The summed E-state index contributed by atoms with van der Waals surface area (Å²) in [5.41, 5.74) is 0.643. The van der Waals surface area contributed by atoms with Gasteiger partial charge in [0, 0.05) is 32.7 Å². The third kappa shape index (κ3) is 4.39. The van der Waals surface area contributed by atoms with Crippen molar-refractivity contribution in [3.05, 3.63) is 52.1 Å². The van der Waals surface area contributed by atoms with Crippen molar-refractivity contribution >= 4 is 33.0 Å². The van der Waals surface area contributed by atoms with Crippen LogP contribution in [0.2, 0.25) is 4.34 Å². The number of nitrogens with zero attached hydrogens (tertiary/aromatic N) is 2. The quantitative estimate of drug-likeness (QED) is 0.832. The van der Waals surface area contributed by atoms with Gasteiger partial charge in [0.15, 0.2) is 0 Å². The van der Waals surface area contributed by atoms with Crippen LogP contribution < -0.4 is 0 Å². The number of aliphatic hydroxyl groups excluding tert-OH is 1. The minimum Gasteiger partial charge on any atom is -0.387 e. The summed E-state index contributed by atoms with van der Waals surface area (Å²) in [6, 6.07) is 8.84. The molecule has 136 valence electrons. The second-order valence-corrected chi connectivity index (χ2v) is 9.71. The molecule has 1 aromatic heterocycles. The smallest absolute Gasteiger partial charge is 0.252 e. The SMILES string of the molecule is O=S(=O)(c1ccc(Cl)s1)N1CCN(CC(O)c2ccc(F)cc2)CC1. The molecule has 1 N–H and O–H groups in total. The van der Waals surface area contributed by atoms with Crippen LogP contribution in [0, 0.1) is 5.82 Å². The molecule has 9 heteroatoms. The number of thiophene rings is 1. The van der Waals surface area contributed by atoms with Gasteiger partial charge in [-0.1, -0.05) is 23.7 Å². The van der Waals surface area contributed by atoms with Gasteiger partial charge in [0.2, 0.25) is 0 Å². The monoisotopic (exact) mass is 404 g/mol. The fourth-order valence-electron chi connectivity index (χ4n) is 2.75. The highest BCUT2D eigenvalue weighted by molar-refractivity contribution is 7.91. The standard InChI is InChI=1S/C16H18ClFN2O3S2/c17-15-5-6-16(24-15)25(22,23)20-9-7-19(8-10-20)11-14(21)12-1-3-13(18)4-2-12/h1-6,14,21H,7-11H2. The molecule has 0 amide bonds. The molecule has 5 nitrogen and oxygen atoms in total. The predicted octanol–water partition coefficient (Wildman–Crippen LogP) is 2.58. The van der Waals surface area contributed by atoms with Crippen LogP contribution in [-0.2, 0) is 10.0 Å². The normalized spacial score (nSPS) is 18.4. The fourth-order valence-corrected chi connectivity index (χ4v) is 5.81. The van der Waals surface area contributed by atoms with Crippen LogP contribution in [0.3, 0.4) is 0 Å². The van der Waals surface area contributed by atoms with E-state index in [1.165, 1.54) is 22.5 Å². The number of piperazine rings is 1. The van der Waals surface area contributed by atoms with Crippen LogP contribution >= 0.6 is 22.9 Å². The Morgan fingerprint density at radius 2 is 1.76 bits per heavy atom. The lowest BCUT2D eigenvalue weighted by atomic mass is 10.1. The molecule has 1 fully saturated rings. The van der Waals surface area contributed by atoms with E-state index in [0.717, 1.165) is 11.3 Å². The van der Waals surface area contributed by atoms with E-state index < -0.39 is 16.1 Å². The molecule has 1 atom stereocenters. The Balaban J connectivity index is 1.57. The average molecular weight is 405 g/mol. The van der Waals surface area contributed by atoms with Crippen LogP contribution in [0.25, 0.3) is 0 Å². The molecular weight excluding hydrogens is 387 g/mol. The highest BCUT2D eigenvalue weighted by atomic mass is 35.5. The van der Waals surface area contributed by atoms with Crippen LogP contribution in [0.5, 0.6) is 0 Å². The van der Waals surface area contributed by atoms with E-state index in [1.807, 2.05) is 4.90 Å². The molecule has 0 radical (unpaired) electrons. The summed E-state index contributed by atoms with van der Waals surface area (Å²) < 4.78 is 40.2. The summed E-state index contributed by atoms with van der Waals surface area (Å²) in [6.07, 6.45) is -0.736. The molecule has 0 bridgehead atoms. The molecule has 1 aromatic carbocycles. The van der Waals surface area contributed by atoms with Crippen molar-refractivity contribution in [3.63, 3.8) is 0 Å². The zero-order valence-electron chi connectivity index (χ0n) is 13.3. The van der Waals surface area contributed by atoms with Gasteiger partial charge in [0.05, 0.1) is 10.4 Å². The van der Waals surface area contributed by atoms with Crippen molar-refractivity contribution in [1.29, 1.82) is 0 Å². The van der Waals surface area contributed by atoms with Crippen molar-refractivity contribution in [2.75, 3.05) is 32.7 Å². The molecule has 1 aliphatic rings. The minimum absolute atomic E-state index is 0.247. The summed E-state index contributed by atoms with van der Waals surface area (Å²) >= 11 is 6.88. The van der Waals surface area contributed by atoms with Gasteiger partial charge in [0.1, 0.15) is 10.0 Å².